The van der Waals surface area contributed by atoms with Gasteiger partial charge in [-0.1, -0.05) is 12.1 Å². The van der Waals surface area contributed by atoms with Crippen molar-refractivity contribution >= 4 is 17.5 Å². The molecular formula is C13H13NO3S. The number of rotatable bonds is 5. The molecule has 4 nitrogen and oxygen atoms in total. The van der Waals surface area contributed by atoms with Crippen LogP contribution in [0.2, 0.25) is 0 Å². The molecule has 94 valence electrons. The van der Waals surface area contributed by atoms with Gasteiger partial charge in [-0.25, -0.2) is 4.79 Å². The van der Waals surface area contributed by atoms with Crippen LogP contribution in [0.3, 0.4) is 0 Å². The first-order valence-corrected chi connectivity index (χ1v) is 6.28. The van der Waals surface area contributed by atoms with E-state index in [9.17, 15) is 4.79 Å². The smallest absolute Gasteiger partial charge is 0.355 e. The van der Waals surface area contributed by atoms with Gasteiger partial charge in [0.05, 0.1) is 7.11 Å². The fourth-order valence-electron chi connectivity index (χ4n) is 1.63. The van der Waals surface area contributed by atoms with Crippen molar-refractivity contribution in [2.75, 3.05) is 7.11 Å². The summed E-state index contributed by atoms with van der Waals surface area (Å²) in [6.45, 7) is 0. The van der Waals surface area contributed by atoms with Crippen molar-refractivity contribution in [2.24, 2.45) is 0 Å². The molecule has 0 unspecified atom stereocenters. The van der Waals surface area contributed by atoms with Crippen LogP contribution in [-0.4, -0.2) is 22.6 Å². The summed E-state index contributed by atoms with van der Waals surface area (Å²) in [4.78, 5) is 11.7. The topological polar surface area (TPSA) is 59.4 Å². The summed E-state index contributed by atoms with van der Waals surface area (Å²) in [6, 6.07) is 9.50. The van der Waals surface area contributed by atoms with Gasteiger partial charge in [0.25, 0.3) is 0 Å². The molecule has 0 amide bonds. The molecule has 1 aromatic carbocycles. The van der Waals surface area contributed by atoms with Gasteiger partial charge in [0.1, 0.15) is 5.75 Å². The van der Waals surface area contributed by atoms with E-state index in [0.29, 0.717) is 0 Å². The number of aromatic carboxylic acids is 1. The number of benzene rings is 1. The molecule has 0 spiro atoms. The number of carbonyl (C=O) groups is 1. The van der Waals surface area contributed by atoms with Gasteiger partial charge in [-0.15, -0.1) is 0 Å². The van der Waals surface area contributed by atoms with E-state index >= 15 is 0 Å². The average Bonchev–Trinajstić information content (AvgIpc) is 2.85. The molecule has 0 saturated carbocycles. The van der Waals surface area contributed by atoms with Gasteiger partial charge in [-0.3, -0.25) is 0 Å². The largest absolute Gasteiger partial charge is 0.497 e. The third-order valence-electron chi connectivity index (χ3n) is 2.57. The first-order chi connectivity index (χ1) is 8.69. The van der Waals surface area contributed by atoms with E-state index in [1.165, 1.54) is 17.1 Å². The number of carboxylic acids is 1. The summed E-state index contributed by atoms with van der Waals surface area (Å²) in [5.74, 6) is -0.137. The highest BCUT2D eigenvalue weighted by Crippen LogP contribution is 2.17. The molecule has 1 N–H and O–H groups in total. The van der Waals surface area contributed by atoms with Gasteiger partial charge < -0.3 is 9.84 Å². The number of methoxy groups -OCH3 is 1. The third-order valence-corrected chi connectivity index (χ3v) is 3.42. The Morgan fingerprint density at radius 1 is 1.39 bits per heavy atom. The van der Waals surface area contributed by atoms with Crippen molar-refractivity contribution in [2.45, 2.75) is 12.8 Å². The lowest BCUT2D eigenvalue weighted by molar-refractivity contribution is 0.0692. The number of ether oxygens (including phenoxy) is 1. The molecule has 0 fully saturated rings. The quantitative estimate of drug-likeness (QED) is 0.901. The van der Waals surface area contributed by atoms with E-state index in [2.05, 4.69) is 4.37 Å². The SMILES string of the molecule is COc1cccc(CCc2cc(C(=O)O)ns2)c1. The van der Waals surface area contributed by atoms with Crippen molar-refractivity contribution in [3.8, 4) is 5.75 Å². The zero-order valence-electron chi connectivity index (χ0n) is 9.92. The van der Waals surface area contributed by atoms with Crippen molar-refractivity contribution in [3.63, 3.8) is 0 Å². The van der Waals surface area contributed by atoms with Crippen LogP contribution < -0.4 is 4.74 Å². The highest BCUT2D eigenvalue weighted by Gasteiger charge is 2.08. The third kappa shape index (κ3) is 3.07. The summed E-state index contributed by atoms with van der Waals surface area (Å²) in [7, 11) is 1.64. The fourth-order valence-corrected chi connectivity index (χ4v) is 2.33. The van der Waals surface area contributed by atoms with Gasteiger partial charge in [0.2, 0.25) is 0 Å². The predicted octanol–water partition coefficient (Wildman–Crippen LogP) is 2.64. The Morgan fingerprint density at radius 3 is 2.89 bits per heavy atom. The van der Waals surface area contributed by atoms with Crippen LogP contribution in [-0.2, 0) is 12.8 Å². The molecule has 0 saturated heterocycles. The molecule has 18 heavy (non-hydrogen) atoms. The Balaban J connectivity index is 1.99. The predicted molar refractivity (Wildman–Crippen MR) is 69.5 cm³/mol. The second-order valence-electron chi connectivity index (χ2n) is 3.84. The van der Waals surface area contributed by atoms with Crippen molar-refractivity contribution < 1.29 is 14.6 Å². The first-order valence-electron chi connectivity index (χ1n) is 5.51. The molecule has 2 aromatic rings. The van der Waals surface area contributed by atoms with E-state index in [1.807, 2.05) is 24.3 Å². The summed E-state index contributed by atoms with van der Waals surface area (Å²) in [6.07, 6.45) is 1.64. The fraction of sp³-hybridized carbons (Fsp3) is 0.231. The minimum absolute atomic E-state index is 0.126. The van der Waals surface area contributed by atoms with E-state index in [0.717, 1.165) is 23.5 Å². The van der Waals surface area contributed by atoms with Crippen molar-refractivity contribution in [1.82, 2.24) is 4.37 Å². The molecule has 0 atom stereocenters. The van der Waals surface area contributed by atoms with E-state index in [1.54, 1.807) is 13.2 Å². The van der Waals surface area contributed by atoms with Gasteiger partial charge in [0, 0.05) is 4.88 Å². The van der Waals surface area contributed by atoms with Crippen molar-refractivity contribution in [1.29, 1.82) is 0 Å². The Morgan fingerprint density at radius 2 is 2.22 bits per heavy atom. The molecule has 0 aliphatic heterocycles. The van der Waals surface area contributed by atoms with Crippen LogP contribution in [0.4, 0.5) is 0 Å². The van der Waals surface area contributed by atoms with Crippen LogP contribution in [0.25, 0.3) is 0 Å². The normalized spacial score (nSPS) is 10.3. The Hall–Kier alpha value is -1.88. The zero-order valence-corrected chi connectivity index (χ0v) is 10.7. The minimum atomic E-state index is -0.973. The molecule has 0 radical (unpaired) electrons. The molecule has 5 heteroatoms. The standard InChI is InChI=1S/C13H13NO3S/c1-17-10-4-2-3-9(7-10)5-6-11-8-12(13(15)16)14-18-11/h2-4,7-8H,5-6H2,1H3,(H,15,16). The summed E-state index contributed by atoms with van der Waals surface area (Å²) in [5, 5.41) is 8.78. The summed E-state index contributed by atoms with van der Waals surface area (Å²) < 4.78 is 9.03. The van der Waals surface area contributed by atoms with Crippen LogP contribution in [0.15, 0.2) is 30.3 Å². The maximum absolute atomic E-state index is 10.7. The van der Waals surface area contributed by atoms with E-state index < -0.39 is 5.97 Å². The van der Waals surface area contributed by atoms with Gasteiger partial charge >= 0.3 is 5.97 Å². The van der Waals surface area contributed by atoms with Crippen LogP contribution in [0.5, 0.6) is 5.75 Å². The van der Waals surface area contributed by atoms with Gasteiger partial charge in [-0.2, -0.15) is 4.37 Å². The summed E-state index contributed by atoms with van der Waals surface area (Å²) in [5.41, 5.74) is 1.29. The van der Waals surface area contributed by atoms with Crippen LogP contribution in [0, 0.1) is 0 Å². The van der Waals surface area contributed by atoms with Gasteiger partial charge in [0.15, 0.2) is 5.69 Å². The lowest BCUT2D eigenvalue weighted by Gasteiger charge is -2.03. The molecule has 1 aromatic heterocycles. The Bertz CT molecular complexity index is 551. The maximum atomic E-state index is 10.7. The molecule has 0 aliphatic rings. The highest BCUT2D eigenvalue weighted by atomic mass is 32.1. The second-order valence-corrected chi connectivity index (χ2v) is 4.72. The van der Waals surface area contributed by atoms with Crippen molar-refractivity contribution in [3.05, 3.63) is 46.5 Å². The van der Waals surface area contributed by atoms with E-state index in [-0.39, 0.29) is 5.69 Å². The number of aryl methyl sites for hydroxylation is 2. The molecule has 1 heterocycles. The number of hydrogen-bond acceptors (Lipinski definition) is 4. The average molecular weight is 263 g/mol. The number of hydrogen-bond donors (Lipinski definition) is 1. The second kappa shape index (κ2) is 5.64. The summed E-state index contributed by atoms with van der Waals surface area (Å²) >= 11 is 1.24. The molecule has 0 bridgehead atoms. The monoisotopic (exact) mass is 263 g/mol. The number of nitrogens with zero attached hydrogens (tertiary/aromatic N) is 1. The first kappa shape index (κ1) is 12.6. The molecule has 0 aliphatic carbocycles. The lowest BCUT2D eigenvalue weighted by Crippen LogP contribution is -1.95. The molecule has 2 rings (SSSR count). The number of aromatic nitrogens is 1. The number of carboxylic acid groups (broad SMARTS) is 1. The lowest BCUT2D eigenvalue weighted by atomic mass is 10.1. The molecular weight excluding hydrogens is 250 g/mol. The maximum Gasteiger partial charge on any atom is 0.355 e. The van der Waals surface area contributed by atoms with Crippen LogP contribution >= 0.6 is 11.5 Å². The highest BCUT2D eigenvalue weighted by molar-refractivity contribution is 7.05. The minimum Gasteiger partial charge on any atom is -0.497 e. The van der Waals surface area contributed by atoms with Crippen LogP contribution in [0.1, 0.15) is 20.9 Å². The Labute approximate surface area is 109 Å². The van der Waals surface area contributed by atoms with E-state index in [4.69, 9.17) is 9.84 Å². The Kier molecular flexibility index (Phi) is 3.94. The van der Waals surface area contributed by atoms with Gasteiger partial charge in [-0.05, 0) is 48.1 Å². The zero-order chi connectivity index (χ0) is 13.0.